The van der Waals surface area contributed by atoms with Gasteiger partial charge in [0, 0.05) is 49.4 Å². The minimum Gasteiger partial charge on any atom is -0.383 e. The summed E-state index contributed by atoms with van der Waals surface area (Å²) in [7, 11) is 1.71. The van der Waals surface area contributed by atoms with E-state index in [1.807, 2.05) is 11.0 Å². The Morgan fingerprint density at radius 3 is 2.73 bits per heavy atom. The van der Waals surface area contributed by atoms with Crippen molar-refractivity contribution < 1.29 is 13.9 Å². The lowest BCUT2D eigenvalue weighted by molar-refractivity contribution is 0.0747. The number of ether oxygens (including phenoxy) is 1. The van der Waals surface area contributed by atoms with E-state index in [1.165, 1.54) is 28.6 Å². The van der Waals surface area contributed by atoms with E-state index >= 15 is 0 Å². The van der Waals surface area contributed by atoms with Gasteiger partial charge in [0.05, 0.1) is 6.61 Å². The first kappa shape index (κ1) is 16.8. The van der Waals surface area contributed by atoms with E-state index in [1.54, 1.807) is 19.2 Å². The SMILES string of the molecule is COCCn1cc2c3c(cccc31)CN(C(=O)c1ccc(F)cc1)CC2. The molecular formula is C21H21FN2O2. The largest absolute Gasteiger partial charge is 0.383 e. The average molecular weight is 352 g/mol. The molecule has 0 bridgehead atoms. The number of carbonyl (C=O) groups excluding carboxylic acids is 1. The molecule has 2 aromatic carbocycles. The summed E-state index contributed by atoms with van der Waals surface area (Å²) in [5.74, 6) is -0.386. The Labute approximate surface area is 151 Å². The van der Waals surface area contributed by atoms with E-state index in [-0.39, 0.29) is 11.7 Å². The van der Waals surface area contributed by atoms with Gasteiger partial charge in [-0.25, -0.2) is 4.39 Å². The van der Waals surface area contributed by atoms with Crippen LogP contribution in [0.5, 0.6) is 0 Å². The number of halogens is 1. The molecule has 2 heterocycles. The first-order valence-corrected chi connectivity index (χ1v) is 8.81. The molecule has 0 atom stereocenters. The third-order valence-corrected chi connectivity index (χ3v) is 5.00. The predicted octanol–water partition coefficient (Wildman–Crippen LogP) is 3.63. The van der Waals surface area contributed by atoms with Crippen LogP contribution in [0, 0.1) is 5.82 Å². The summed E-state index contributed by atoms with van der Waals surface area (Å²) < 4.78 is 20.6. The summed E-state index contributed by atoms with van der Waals surface area (Å²) in [6.07, 6.45) is 2.99. The molecule has 4 nitrogen and oxygen atoms in total. The first-order valence-electron chi connectivity index (χ1n) is 8.81. The van der Waals surface area contributed by atoms with E-state index in [0.717, 1.165) is 18.5 Å². The minimum atomic E-state index is -0.330. The number of carbonyl (C=O) groups is 1. The van der Waals surface area contributed by atoms with Crippen molar-refractivity contribution in [3.8, 4) is 0 Å². The zero-order valence-corrected chi connectivity index (χ0v) is 14.7. The van der Waals surface area contributed by atoms with Crippen LogP contribution in [0.1, 0.15) is 21.5 Å². The predicted molar refractivity (Wildman–Crippen MR) is 98.7 cm³/mol. The second-order valence-corrected chi connectivity index (χ2v) is 6.64. The number of amides is 1. The van der Waals surface area contributed by atoms with Gasteiger partial charge in [0.25, 0.3) is 5.91 Å². The normalized spacial score (nSPS) is 13.8. The quantitative estimate of drug-likeness (QED) is 0.719. The molecule has 1 amide bonds. The van der Waals surface area contributed by atoms with Gasteiger partial charge in [-0.15, -0.1) is 0 Å². The molecule has 0 unspecified atom stereocenters. The van der Waals surface area contributed by atoms with Crippen LogP contribution >= 0.6 is 0 Å². The lowest BCUT2D eigenvalue weighted by Crippen LogP contribution is -2.31. The standard InChI is InChI=1S/C21H21FN2O2/c1-26-12-11-23-13-17-9-10-24(14-16-3-2-4-19(23)20(16)17)21(25)15-5-7-18(22)8-6-15/h2-8,13H,9-12,14H2,1H3. The molecule has 0 N–H and O–H groups in total. The third kappa shape index (κ3) is 2.99. The van der Waals surface area contributed by atoms with Gasteiger partial charge in [-0.3, -0.25) is 4.79 Å². The molecule has 1 aromatic heterocycles. The van der Waals surface area contributed by atoms with Gasteiger partial charge in [-0.05, 0) is 47.9 Å². The highest BCUT2D eigenvalue weighted by atomic mass is 19.1. The summed E-state index contributed by atoms with van der Waals surface area (Å²) in [5.41, 5.74) is 4.13. The maximum absolute atomic E-state index is 13.1. The summed E-state index contributed by atoms with van der Waals surface area (Å²) in [5, 5.41) is 1.25. The molecule has 5 heteroatoms. The smallest absolute Gasteiger partial charge is 0.254 e. The summed E-state index contributed by atoms with van der Waals surface area (Å²) >= 11 is 0. The maximum atomic E-state index is 13.1. The van der Waals surface area contributed by atoms with Gasteiger partial charge in [-0.1, -0.05) is 12.1 Å². The average Bonchev–Trinajstić information content (AvgIpc) is 2.90. The first-order chi connectivity index (χ1) is 12.7. The van der Waals surface area contributed by atoms with Crippen LogP contribution in [-0.4, -0.2) is 35.6 Å². The fraction of sp³-hybridized carbons (Fsp3) is 0.286. The summed E-state index contributed by atoms with van der Waals surface area (Å²) in [6.45, 7) is 2.69. The third-order valence-electron chi connectivity index (χ3n) is 5.00. The molecule has 134 valence electrons. The maximum Gasteiger partial charge on any atom is 0.254 e. The van der Waals surface area contributed by atoms with Gasteiger partial charge in [0.2, 0.25) is 0 Å². The van der Waals surface area contributed by atoms with Crippen molar-refractivity contribution >= 4 is 16.8 Å². The van der Waals surface area contributed by atoms with Crippen LogP contribution < -0.4 is 0 Å². The summed E-state index contributed by atoms with van der Waals surface area (Å²) in [6, 6.07) is 12.0. The highest BCUT2D eigenvalue weighted by Gasteiger charge is 2.23. The zero-order chi connectivity index (χ0) is 18.1. The Bertz CT molecular complexity index is 947. The van der Waals surface area contributed by atoms with E-state index in [2.05, 4.69) is 22.9 Å². The zero-order valence-electron chi connectivity index (χ0n) is 14.7. The Morgan fingerprint density at radius 2 is 1.96 bits per heavy atom. The molecule has 1 aliphatic rings. The monoisotopic (exact) mass is 352 g/mol. The van der Waals surface area contributed by atoms with Crippen LogP contribution in [0.3, 0.4) is 0 Å². The van der Waals surface area contributed by atoms with Crippen LogP contribution in [0.2, 0.25) is 0 Å². The molecule has 0 radical (unpaired) electrons. The number of rotatable bonds is 4. The van der Waals surface area contributed by atoms with Crippen LogP contribution in [0.4, 0.5) is 4.39 Å². The molecule has 26 heavy (non-hydrogen) atoms. The number of hydrogen-bond acceptors (Lipinski definition) is 2. The molecule has 0 fully saturated rings. The molecule has 0 saturated heterocycles. The fourth-order valence-electron chi connectivity index (χ4n) is 3.70. The van der Waals surface area contributed by atoms with Crippen molar-refractivity contribution in [3.05, 3.63) is 71.2 Å². The van der Waals surface area contributed by atoms with Crippen molar-refractivity contribution in [1.29, 1.82) is 0 Å². The molecular weight excluding hydrogens is 331 g/mol. The van der Waals surface area contributed by atoms with E-state index in [9.17, 15) is 9.18 Å². The van der Waals surface area contributed by atoms with E-state index < -0.39 is 0 Å². The molecule has 0 spiro atoms. The van der Waals surface area contributed by atoms with Crippen molar-refractivity contribution in [2.75, 3.05) is 20.3 Å². The highest BCUT2D eigenvalue weighted by molar-refractivity contribution is 5.95. The Kier molecular flexibility index (Phi) is 4.47. The number of aromatic nitrogens is 1. The van der Waals surface area contributed by atoms with E-state index in [0.29, 0.717) is 25.3 Å². The number of nitrogens with zero attached hydrogens (tertiary/aromatic N) is 2. The summed E-state index contributed by atoms with van der Waals surface area (Å²) in [4.78, 5) is 14.7. The van der Waals surface area contributed by atoms with Crippen LogP contribution in [0.25, 0.3) is 10.9 Å². The second-order valence-electron chi connectivity index (χ2n) is 6.64. The molecule has 4 rings (SSSR count). The van der Waals surface area contributed by atoms with Crippen LogP contribution in [0.15, 0.2) is 48.7 Å². The van der Waals surface area contributed by atoms with Gasteiger partial charge in [-0.2, -0.15) is 0 Å². The Balaban J connectivity index is 1.66. The second kappa shape index (κ2) is 6.92. The van der Waals surface area contributed by atoms with Crippen molar-refractivity contribution in [2.45, 2.75) is 19.5 Å². The van der Waals surface area contributed by atoms with Gasteiger partial charge in [0.1, 0.15) is 5.82 Å². The number of hydrogen-bond donors (Lipinski definition) is 0. The topological polar surface area (TPSA) is 34.5 Å². The lowest BCUT2D eigenvalue weighted by Gasteiger charge is -2.21. The lowest BCUT2D eigenvalue weighted by atomic mass is 10.1. The van der Waals surface area contributed by atoms with Gasteiger partial charge in [0.15, 0.2) is 0 Å². The molecule has 0 saturated carbocycles. The van der Waals surface area contributed by atoms with Gasteiger partial charge < -0.3 is 14.2 Å². The number of methoxy groups -OCH3 is 1. The van der Waals surface area contributed by atoms with Crippen molar-refractivity contribution in [2.24, 2.45) is 0 Å². The molecule has 1 aliphatic heterocycles. The van der Waals surface area contributed by atoms with Crippen molar-refractivity contribution in [3.63, 3.8) is 0 Å². The highest BCUT2D eigenvalue weighted by Crippen LogP contribution is 2.30. The van der Waals surface area contributed by atoms with Gasteiger partial charge >= 0.3 is 0 Å². The Morgan fingerprint density at radius 1 is 1.15 bits per heavy atom. The van der Waals surface area contributed by atoms with Crippen molar-refractivity contribution in [1.82, 2.24) is 9.47 Å². The molecule has 3 aromatic rings. The fourth-order valence-corrected chi connectivity index (χ4v) is 3.70. The molecule has 0 aliphatic carbocycles. The number of benzene rings is 2. The van der Waals surface area contributed by atoms with E-state index in [4.69, 9.17) is 4.74 Å². The Hall–Kier alpha value is -2.66. The minimum absolute atomic E-state index is 0.0561. The van der Waals surface area contributed by atoms with Crippen LogP contribution in [-0.2, 0) is 24.2 Å².